The van der Waals surface area contributed by atoms with Crippen molar-refractivity contribution in [3.05, 3.63) is 84.4 Å². The molecule has 0 heterocycles. The summed E-state index contributed by atoms with van der Waals surface area (Å²) in [6.45, 7) is 7.98. The van der Waals surface area contributed by atoms with E-state index in [1.807, 2.05) is 73.7 Å². The van der Waals surface area contributed by atoms with Gasteiger partial charge in [0.05, 0.1) is 19.3 Å². The van der Waals surface area contributed by atoms with Gasteiger partial charge in [-0.15, -0.1) is 6.58 Å². The molecule has 2 rings (SSSR count). The predicted molar refractivity (Wildman–Crippen MR) is 111 cm³/mol. The van der Waals surface area contributed by atoms with Gasteiger partial charge in [0.2, 0.25) is 0 Å². The highest BCUT2D eigenvalue weighted by molar-refractivity contribution is 5.66. The SMILES string of the molecule is C=CCC[C@H](OCc1ccccc1)[C@@H](OCc1ccccc1)[C@H](C)OC(C)=O. The first kappa shape index (κ1) is 21.9. The van der Waals surface area contributed by atoms with Crippen molar-refractivity contribution in [2.75, 3.05) is 0 Å². The molecule has 0 fully saturated rings. The van der Waals surface area contributed by atoms with Gasteiger partial charge in [0, 0.05) is 6.92 Å². The van der Waals surface area contributed by atoms with Crippen LogP contribution in [0.3, 0.4) is 0 Å². The Morgan fingerprint density at radius 3 is 2.00 bits per heavy atom. The topological polar surface area (TPSA) is 44.8 Å². The van der Waals surface area contributed by atoms with Crippen molar-refractivity contribution in [1.29, 1.82) is 0 Å². The zero-order chi connectivity index (χ0) is 20.2. The van der Waals surface area contributed by atoms with Crippen molar-refractivity contribution in [2.45, 2.75) is 58.2 Å². The van der Waals surface area contributed by atoms with Gasteiger partial charge in [-0.05, 0) is 30.9 Å². The lowest BCUT2D eigenvalue weighted by atomic mass is 10.0. The molecule has 0 aliphatic carbocycles. The molecule has 3 atom stereocenters. The van der Waals surface area contributed by atoms with Gasteiger partial charge in [0.15, 0.2) is 0 Å². The van der Waals surface area contributed by atoms with Crippen molar-refractivity contribution in [1.82, 2.24) is 0 Å². The zero-order valence-corrected chi connectivity index (χ0v) is 16.8. The molecule has 28 heavy (non-hydrogen) atoms. The lowest BCUT2D eigenvalue weighted by Crippen LogP contribution is -2.42. The van der Waals surface area contributed by atoms with Crippen LogP contribution in [-0.4, -0.2) is 24.3 Å². The summed E-state index contributed by atoms with van der Waals surface area (Å²) in [5.41, 5.74) is 2.15. The first-order valence-corrected chi connectivity index (χ1v) is 9.69. The van der Waals surface area contributed by atoms with Crippen molar-refractivity contribution in [3.63, 3.8) is 0 Å². The first-order chi connectivity index (χ1) is 13.6. The standard InChI is InChI=1S/C24H30O4/c1-4-5-16-23(26-17-21-12-8-6-9-13-21)24(19(2)28-20(3)25)27-18-22-14-10-7-11-15-22/h4,6-15,19,23-24H,1,5,16-18H2,2-3H3/t19-,23-,24-/m0/s1. The quantitative estimate of drug-likeness (QED) is 0.379. The summed E-state index contributed by atoms with van der Waals surface area (Å²) in [5, 5.41) is 0. The second-order valence-electron chi connectivity index (χ2n) is 6.78. The van der Waals surface area contributed by atoms with Crippen LogP contribution in [0.2, 0.25) is 0 Å². The maximum Gasteiger partial charge on any atom is 0.302 e. The number of rotatable bonds is 12. The van der Waals surface area contributed by atoms with Crippen molar-refractivity contribution in [2.24, 2.45) is 0 Å². The number of esters is 1. The van der Waals surface area contributed by atoms with Gasteiger partial charge in [-0.2, -0.15) is 0 Å². The summed E-state index contributed by atoms with van der Waals surface area (Å²) in [5.74, 6) is -0.327. The molecule has 0 amide bonds. The summed E-state index contributed by atoms with van der Waals surface area (Å²) in [6, 6.07) is 20.0. The van der Waals surface area contributed by atoms with Crippen molar-refractivity contribution < 1.29 is 19.0 Å². The lowest BCUT2D eigenvalue weighted by molar-refractivity contribution is -0.168. The Bertz CT molecular complexity index is 699. The summed E-state index contributed by atoms with van der Waals surface area (Å²) >= 11 is 0. The van der Waals surface area contributed by atoms with Crippen LogP contribution in [0, 0.1) is 0 Å². The Morgan fingerprint density at radius 2 is 1.50 bits per heavy atom. The molecule has 0 bridgehead atoms. The minimum Gasteiger partial charge on any atom is -0.460 e. The molecule has 0 radical (unpaired) electrons. The molecule has 0 saturated carbocycles. The Hall–Kier alpha value is -2.43. The molecule has 0 saturated heterocycles. The van der Waals surface area contributed by atoms with Crippen LogP contribution in [-0.2, 0) is 32.2 Å². The maximum atomic E-state index is 11.5. The largest absolute Gasteiger partial charge is 0.460 e. The van der Waals surface area contributed by atoms with E-state index in [2.05, 4.69) is 6.58 Å². The third kappa shape index (κ3) is 7.67. The molecule has 4 nitrogen and oxygen atoms in total. The Labute approximate surface area is 168 Å². The van der Waals surface area contributed by atoms with Gasteiger partial charge in [0.25, 0.3) is 0 Å². The lowest BCUT2D eigenvalue weighted by Gasteiger charge is -2.31. The number of benzene rings is 2. The number of ether oxygens (including phenoxy) is 3. The van der Waals surface area contributed by atoms with Gasteiger partial charge in [-0.25, -0.2) is 0 Å². The monoisotopic (exact) mass is 382 g/mol. The number of carbonyl (C=O) groups is 1. The van der Waals surface area contributed by atoms with Crippen LogP contribution in [0.4, 0.5) is 0 Å². The van der Waals surface area contributed by atoms with E-state index in [1.165, 1.54) is 6.92 Å². The van der Waals surface area contributed by atoms with E-state index in [4.69, 9.17) is 14.2 Å². The molecule has 0 aliphatic rings. The van der Waals surface area contributed by atoms with Gasteiger partial charge in [-0.3, -0.25) is 4.79 Å². The van der Waals surface area contributed by atoms with Crippen LogP contribution >= 0.6 is 0 Å². The fraction of sp³-hybridized carbons (Fsp3) is 0.375. The van der Waals surface area contributed by atoms with Crippen LogP contribution in [0.5, 0.6) is 0 Å². The van der Waals surface area contributed by atoms with E-state index < -0.39 is 6.10 Å². The fourth-order valence-electron chi connectivity index (χ4n) is 3.04. The molecule has 4 heteroatoms. The van der Waals surface area contributed by atoms with Gasteiger partial charge >= 0.3 is 5.97 Å². The summed E-state index contributed by atoms with van der Waals surface area (Å²) < 4.78 is 17.9. The minimum atomic E-state index is -0.424. The fourth-order valence-corrected chi connectivity index (χ4v) is 3.04. The van der Waals surface area contributed by atoms with E-state index in [0.29, 0.717) is 13.2 Å². The smallest absolute Gasteiger partial charge is 0.302 e. The minimum absolute atomic E-state index is 0.226. The molecule has 2 aromatic carbocycles. The van der Waals surface area contributed by atoms with Gasteiger partial charge < -0.3 is 14.2 Å². The normalized spacial score (nSPS) is 14.1. The van der Waals surface area contributed by atoms with E-state index >= 15 is 0 Å². The molecule has 0 N–H and O–H groups in total. The second-order valence-corrected chi connectivity index (χ2v) is 6.78. The van der Waals surface area contributed by atoms with Crippen LogP contribution in [0.15, 0.2) is 73.3 Å². The first-order valence-electron chi connectivity index (χ1n) is 9.69. The number of carbonyl (C=O) groups excluding carboxylic acids is 1. The summed E-state index contributed by atoms with van der Waals surface area (Å²) in [6.07, 6.45) is 2.36. The molecule has 150 valence electrons. The maximum absolute atomic E-state index is 11.5. The van der Waals surface area contributed by atoms with Gasteiger partial charge in [-0.1, -0.05) is 66.7 Å². The van der Waals surface area contributed by atoms with Crippen molar-refractivity contribution in [3.8, 4) is 0 Å². The number of hydrogen-bond acceptors (Lipinski definition) is 4. The Balaban J connectivity index is 2.11. The molecule has 0 aromatic heterocycles. The van der Waals surface area contributed by atoms with Gasteiger partial charge in [0.1, 0.15) is 12.2 Å². The van der Waals surface area contributed by atoms with E-state index in [1.54, 1.807) is 0 Å². The third-order valence-electron chi connectivity index (χ3n) is 4.43. The highest BCUT2D eigenvalue weighted by Gasteiger charge is 2.30. The van der Waals surface area contributed by atoms with Crippen molar-refractivity contribution >= 4 is 5.97 Å². The van der Waals surface area contributed by atoms with E-state index in [9.17, 15) is 4.79 Å². The Kier molecular flexibility index (Phi) is 9.46. The molecular formula is C24H30O4. The number of allylic oxidation sites excluding steroid dienone is 1. The van der Waals surface area contributed by atoms with Crippen LogP contribution in [0.1, 0.15) is 37.8 Å². The van der Waals surface area contributed by atoms with Crippen LogP contribution < -0.4 is 0 Å². The van der Waals surface area contributed by atoms with E-state index in [0.717, 1.165) is 24.0 Å². The molecule has 0 unspecified atom stereocenters. The highest BCUT2D eigenvalue weighted by Crippen LogP contribution is 2.20. The average molecular weight is 383 g/mol. The molecule has 2 aromatic rings. The zero-order valence-electron chi connectivity index (χ0n) is 16.8. The third-order valence-corrected chi connectivity index (χ3v) is 4.43. The second kappa shape index (κ2) is 12.1. The van der Waals surface area contributed by atoms with Crippen LogP contribution in [0.25, 0.3) is 0 Å². The average Bonchev–Trinajstić information content (AvgIpc) is 2.70. The molecule has 0 aliphatic heterocycles. The highest BCUT2D eigenvalue weighted by atomic mass is 16.6. The number of hydrogen-bond donors (Lipinski definition) is 0. The predicted octanol–water partition coefficient (Wildman–Crippen LogP) is 5.08. The molecule has 0 spiro atoms. The summed E-state index contributed by atoms with van der Waals surface area (Å²) in [7, 11) is 0. The Morgan fingerprint density at radius 1 is 0.964 bits per heavy atom. The summed E-state index contributed by atoms with van der Waals surface area (Å²) in [4.78, 5) is 11.5. The molecular weight excluding hydrogens is 352 g/mol. The van der Waals surface area contributed by atoms with E-state index in [-0.39, 0.29) is 18.2 Å².